The Morgan fingerprint density at radius 2 is 1.57 bits per heavy atom. The third-order valence-corrected chi connectivity index (χ3v) is 4.96. The first-order valence-corrected chi connectivity index (χ1v) is 11.2. The molecule has 3 heteroatoms. The topological polar surface area (TPSA) is 23.8 Å². The van der Waals surface area contributed by atoms with E-state index in [2.05, 4.69) is 43.5 Å². The van der Waals surface area contributed by atoms with E-state index in [0.717, 1.165) is 10.5 Å². The highest BCUT2D eigenvalue weighted by Gasteiger charge is 2.16. The van der Waals surface area contributed by atoms with Crippen molar-refractivity contribution in [3.8, 4) is 6.07 Å². The van der Waals surface area contributed by atoms with Crippen LogP contribution in [0.25, 0.3) is 4.91 Å². The van der Waals surface area contributed by atoms with Gasteiger partial charge < -0.3 is 0 Å². The maximum atomic E-state index is 9.34. The lowest BCUT2D eigenvalue weighted by Gasteiger charge is -2.15. The van der Waals surface area contributed by atoms with E-state index < -0.39 is 8.07 Å². The van der Waals surface area contributed by atoms with E-state index in [1.165, 1.54) is 4.90 Å². The van der Waals surface area contributed by atoms with E-state index in [9.17, 15) is 5.26 Å². The van der Waals surface area contributed by atoms with Crippen molar-refractivity contribution in [2.75, 3.05) is 0 Å². The summed E-state index contributed by atoms with van der Waals surface area (Å²) in [5, 5.41) is 9.34. The largest absolute Gasteiger partial charge is 0.192 e. The van der Waals surface area contributed by atoms with E-state index in [1.54, 1.807) is 11.8 Å². The number of thioether (sulfide) groups is 1. The van der Waals surface area contributed by atoms with Gasteiger partial charge >= 0.3 is 0 Å². The van der Waals surface area contributed by atoms with Crippen LogP contribution < -0.4 is 0 Å². The average molecular weight is 309 g/mol. The molecule has 1 radical (unpaired) electrons. The van der Waals surface area contributed by atoms with Crippen LogP contribution >= 0.6 is 11.8 Å². The first kappa shape index (κ1) is 15.6. The Balaban J connectivity index is 2.47. The molecule has 0 spiro atoms. The minimum atomic E-state index is -1.51. The maximum absolute atomic E-state index is 9.34. The molecular formula is C18H18NSSi. The lowest BCUT2D eigenvalue weighted by atomic mass is 10.1. The summed E-state index contributed by atoms with van der Waals surface area (Å²) >= 11 is 1.69. The Bertz CT molecular complexity index is 678. The third kappa shape index (κ3) is 4.63. The average Bonchev–Trinajstić information content (AvgIpc) is 2.46. The highest BCUT2D eigenvalue weighted by atomic mass is 32.2. The van der Waals surface area contributed by atoms with Crippen molar-refractivity contribution in [3.05, 3.63) is 71.4 Å². The van der Waals surface area contributed by atoms with Crippen LogP contribution in [-0.4, -0.2) is 8.07 Å². The van der Waals surface area contributed by atoms with Crippen molar-refractivity contribution in [2.24, 2.45) is 0 Å². The number of nitrogens with zero attached hydrogens (tertiary/aromatic N) is 1. The molecule has 0 bridgehead atoms. The van der Waals surface area contributed by atoms with Gasteiger partial charge in [-0.25, -0.2) is 0 Å². The van der Waals surface area contributed by atoms with Crippen LogP contribution in [0.1, 0.15) is 11.1 Å². The van der Waals surface area contributed by atoms with Crippen molar-refractivity contribution in [2.45, 2.75) is 24.5 Å². The monoisotopic (exact) mass is 308 g/mol. The van der Waals surface area contributed by atoms with Crippen LogP contribution in [0.2, 0.25) is 19.6 Å². The van der Waals surface area contributed by atoms with Gasteiger partial charge in [-0.15, -0.1) is 0 Å². The van der Waals surface area contributed by atoms with E-state index in [0.29, 0.717) is 5.56 Å². The summed E-state index contributed by atoms with van der Waals surface area (Å²) in [6, 6.07) is 20.3. The smallest absolute Gasteiger partial charge is 0.0998 e. The van der Waals surface area contributed by atoms with Gasteiger partial charge in [-0.05, 0) is 23.9 Å². The number of benzene rings is 2. The molecule has 0 aliphatic carbocycles. The number of hydrogen-bond donors (Lipinski definition) is 0. The van der Waals surface area contributed by atoms with Crippen molar-refractivity contribution in [1.82, 2.24) is 0 Å². The van der Waals surface area contributed by atoms with E-state index in [1.807, 2.05) is 42.5 Å². The van der Waals surface area contributed by atoms with Gasteiger partial charge in [-0.2, -0.15) is 5.26 Å². The second-order valence-corrected chi connectivity index (χ2v) is 11.6. The molecule has 2 aromatic rings. The molecule has 0 amide bonds. The molecule has 0 aliphatic heterocycles. The lowest BCUT2D eigenvalue weighted by Crippen LogP contribution is -2.17. The SMILES string of the molecule is C[Si](C)(C)[C]=C(Sc1ccccc1)c1ccccc1C#N. The van der Waals surface area contributed by atoms with E-state index in [4.69, 9.17) is 0 Å². The van der Waals surface area contributed by atoms with Crippen molar-refractivity contribution >= 4 is 24.7 Å². The van der Waals surface area contributed by atoms with E-state index >= 15 is 0 Å². The molecule has 0 aliphatic rings. The molecule has 0 atom stereocenters. The summed E-state index contributed by atoms with van der Waals surface area (Å²) in [5.41, 5.74) is 5.36. The minimum Gasteiger partial charge on any atom is -0.192 e. The molecule has 105 valence electrons. The van der Waals surface area contributed by atoms with Crippen LogP contribution in [-0.2, 0) is 0 Å². The summed E-state index contributed by atoms with van der Waals surface area (Å²) in [7, 11) is -1.51. The molecule has 2 rings (SSSR count). The zero-order valence-corrected chi connectivity index (χ0v) is 14.4. The Morgan fingerprint density at radius 3 is 2.19 bits per heavy atom. The minimum absolute atomic E-state index is 0.710. The van der Waals surface area contributed by atoms with Crippen LogP contribution in [0.3, 0.4) is 0 Å². The molecular weight excluding hydrogens is 290 g/mol. The van der Waals surface area contributed by atoms with Crippen molar-refractivity contribution in [1.29, 1.82) is 5.26 Å². The lowest BCUT2D eigenvalue weighted by molar-refractivity contribution is 1.46. The molecule has 0 N–H and O–H groups in total. The first-order valence-electron chi connectivity index (χ1n) is 6.87. The summed E-state index contributed by atoms with van der Waals surface area (Å²) in [5.74, 6) is 0. The number of nitriles is 1. The van der Waals surface area contributed by atoms with E-state index in [-0.39, 0.29) is 0 Å². The second-order valence-electron chi connectivity index (χ2n) is 5.78. The highest BCUT2D eigenvalue weighted by molar-refractivity contribution is 8.08. The fraction of sp³-hybridized carbons (Fsp3) is 0.167. The Hall–Kier alpha value is -1.76. The standard InChI is InChI=1S/C18H18NSSi/c1-21(2,3)14-18(20-16-10-5-4-6-11-16)17-12-8-7-9-15(17)13-19/h4-12H,1-3H3. The van der Waals surface area contributed by atoms with Gasteiger partial charge in [0.2, 0.25) is 0 Å². The summed E-state index contributed by atoms with van der Waals surface area (Å²) in [6.07, 6.45) is 0. The Labute approximate surface area is 132 Å². The summed E-state index contributed by atoms with van der Waals surface area (Å²) in [4.78, 5) is 2.24. The van der Waals surface area contributed by atoms with Gasteiger partial charge in [-0.3, -0.25) is 0 Å². The van der Waals surface area contributed by atoms with Crippen molar-refractivity contribution < 1.29 is 0 Å². The quantitative estimate of drug-likeness (QED) is 0.560. The second kappa shape index (κ2) is 6.80. The van der Waals surface area contributed by atoms with Crippen molar-refractivity contribution in [3.63, 3.8) is 0 Å². The zero-order chi connectivity index (χ0) is 15.3. The molecule has 2 aromatic carbocycles. The molecule has 0 saturated carbocycles. The van der Waals surface area contributed by atoms with Gasteiger partial charge in [0.15, 0.2) is 0 Å². The van der Waals surface area contributed by atoms with Crippen LogP contribution in [0.5, 0.6) is 0 Å². The normalized spacial score (nSPS) is 12.0. The summed E-state index contributed by atoms with van der Waals surface area (Å²) in [6.45, 7) is 6.77. The van der Waals surface area contributed by atoms with Gasteiger partial charge in [0.1, 0.15) is 0 Å². The van der Waals surface area contributed by atoms with Gasteiger partial charge in [0.05, 0.1) is 19.7 Å². The van der Waals surface area contributed by atoms with Crippen LogP contribution in [0, 0.1) is 17.0 Å². The molecule has 0 fully saturated rings. The molecule has 0 aromatic heterocycles. The van der Waals surface area contributed by atoms with Crippen LogP contribution in [0.4, 0.5) is 0 Å². The van der Waals surface area contributed by atoms with Gasteiger partial charge in [-0.1, -0.05) is 67.8 Å². The molecule has 1 nitrogen and oxygen atoms in total. The van der Waals surface area contributed by atoms with Gasteiger partial charge in [0.25, 0.3) is 0 Å². The maximum Gasteiger partial charge on any atom is 0.0998 e. The molecule has 0 saturated heterocycles. The molecule has 0 heterocycles. The number of rotatable bonds is 4. The predicted octanol–water partition coefficient (Wildman–Crippen LogP) is 5.37. The number of hydrogen-bond acceptors (Lipinski definition) is 2. The summed E-state index contributed by atoms with van der Waals surface area (Å²) < 4.78 is 0. The third-order valence-electron chi connectivity index (χ3n) is 2.74. The fourth-order valence-electron chi connectivity index (χ4n) is 1.87. The highest BCUT2D eigenvalue weighted by Crippen LogP contribution is 2.36. The first-order chi connectivity index (χ1) is 9.99. The Kier molecular flexibility index (Phi) is 5.06. The Morgan fingerprint density at radius 1 is 0.952 bits per heavy atom. The molecule has 0 unspecified atom stereocenters. The zero-order valence-electron chi connectivity index (χ0n) is 12.6. The predicted molar refractivity (Wildman–Crippen MR) is 93.5 cm³/mol. The molecule has 21 heavy (non-hydrogen) atoms. The van der Waals surface area contributed by atoms with Crippen LogP contribution in [0.15, 0.2) is 59.5 Å². The fourth-order valence-corrected chi connectivity index (χ4v) is 4.63. The van der Waals surface area contributed by atoms with Gasteiger partial charge in [0, 0.05) is 15.4 Å².